The van der Waals surface area contributed by atoms with Crippen LogP contribution >= 0.6 is 0 Å². The summed E-state index contributed by atoms with van der Waals surface area (Å²) in [5, 5.41) is 0. The SMILES string of the molecule is CCN(Cc1ccc(N)cc1)c1ncccc1C(F)(F)F. The molecule has 0 radical (unpaired) electrons. The van der Waals surface area contributed by atoms with Gasteiger partial charge in [0, 0.05) is 25.0 Å². The summed E-state index contributed by atoms with van der Waals surface area (Å²) in [5.41, 5.74) is 6.39. The summed E-state index contributed by atoms with van der Waals surface area (Å²) in [5.74, 6) is -0.0516. The summed E-state index contributed by atoms with van der Waals surface area (Å²) < 4.78 is 39.2. The Morgan fingerprint density at radius 3 is 2.38 bits per heavy atom. The second-order valence-electron chi connectivity index (χ2n) is 4.63. The average molecular weight is 295 g/mol. The summed E-state index contributed by atoms with van der Waals surface area (Å²) in [4.78, 5) is 5.50. The van der Waals surface area contributed by atoms with Crippen molar-refractivity contribution in [3.8, 4) is 0 Å². The van der Waals surface area contributed by atoms with Crippen LogP contribution in [-0.2, 0) is 12.7 Å². The van der Waals surface area contributed by atoms with Crippen LogP contribution in [0.25, 0.3) is 0 Å². The second-order valence-corrected chi connectivity index (χ2v) is 4.63. The van der Waals surface area contributed by atoms with Gasteiger partial charge in [0.15, 0.2) is 0 Å². The minimum Gasteiger partial charge on any atom is -0.399 e. The lowest BCUT2D eigenvalue weighted by Crippen LogP contribution is -2.26. The van der Waals surface area contributed by atoms with Crippen LogP contribution in [0, 0.1) is 0 Å². The number of nitrogen functional groups attached to an aromatic ring is 1. The summed E-state index contributed by atoms with van der Waals surface area (Å²) >= 11 is 0. The number of halogens is 3. The first-order valence-corrected chi connectivity index (χ1v) is 6.53. The number of benzene rings is 1. The highest BCUT2D eigenvalue weighted by Crippen LogP contribution is 2.35. The van der Waals surface area contributed by atoms with Gasteiger partial charge in [0.05, 0.1) is 5.56 Å². The number of anilines is 2. The Bertz CT molecular complexity index is 594. The van der Waals surface area contributed by atoms with E-state index in [-0.39, 0.29) is 5.82 Å². The van der Waals surface area contributed by atoms with Crippen molar-refractivity contribution in [2.75, 3.05) is 17.2 Å². The lowest BCUT2D eigenvalue weighted by molar-refractivity contribution is -0.137. The molecular formula is C15H16F3N3. The summed E-state index contributed by atoms with van der Waals surface area (Å²) in [6.45, 7) is 2.56. The van der Waals surface area contributed by atoms with Crippen LogP contribution in [0.2, 0.25) is 0 Å². The summed E-state index contributed by atoms with van der Waals surface area (Å²) in [7, 11) is 0. The molecule has 2 rings (SSSR count). The Kier molecular flexibility index (Phi) is 4.35. The molecular weight excluding hydrogens is 279 g/mol. The summed E-state index contributed by atoms with van der Waals surface area (Å²) in [6, 6.07) is 9.40. The molecule has 0 aliphatic heterocycles. The molecule has 2 aromatic rings. The molecule has 1 heterocycles. The molecule has 1 aromatic carbocycles. The molecule has 0 unspecified atom stereocenters. The molecule has 0 saturated carbocycles. The normalized spacial score (nSPS) is 11.4. The highest BCUT2D eigenvalue weighted by molar-refractivity contribution is 5.49. The molecule has 2 N–H and O–H groups in total. The molecule has 3 nitrogen and oxygen atoms in total. The lowest BCUT2D eigenvalue weighted by Gasteiger charge is -2.25. The molecule has 0 aliphatic carbocycles. The number of hydrogen-bond donors (Lipinski definition) is 1. The highest BCUT2D eigenvalue weighted by atomic mass is 19.4. The molecule has 1 aromatic heterocycles. The van der Waals surface area contributed by atoms with Crippen molar-refractivity contribution in [3.63, 3.8) is 0 Å². The van der Waals surface area contributed by atoms with Crippen LogP contribution in [0.1, 0.15) is 18.1 Å². The standard InChI is InChI=1S/C15H16F3N3/c1-2-21(10-11-5-7-12(19)8-6-11)14-13(15(16,17)18)4-3-9-20-14/h3-9H,2,10,19H2,1H3. The number of pyridine rings is 1. The van der Waals surface area contributed by atoms with E-state index in [2.05, 4.69) is 4.98 Å². The van der Waals surface area contributed by atoms with Gasteiger partial charge in [0.2, 0.25) is 0 Å². The van der Waals surface area contributed by atoms with Crippen molar-refractivity contribution in [1.82, 2.24) is 4.98 Å². The van der Waals surface area contributed by atoms with E-state index in [0.717, 1.165) is 11.6 Å². The minimum atomic E-state index is -4.42. The fourth-order valence-corrected chi connectivity index (χ4v) is 2.05. The number of nitrogens with two attached hydrogens (primary N) is 1. The van der Waals surface area contributed by atoms with Crippen molar-refractivity contribution >= 4 is 11.5 Å². The Hall–Kier alpha value is -2.24. The van der Waals surface area contributed by atoms with Gasteiger partial charge in [-0.15, -0.1) is 0 Å². The predicted molar refractivity (Wildman–Crippen MR) is 76.8 cm³/mol. The van der Waals surface area contributed by atoms with E-state index >= 15 is 0 Å². The fourth-order valence-electron chi connectivity index (χ4n) is 2.05. The van der Waals surface area contributed by atoms with E-state index in [9.17, 15) is 13.2 Å². The first-order valence-electron chi connectivity index (χ1n) is 6.53. The number of alkyl halides is 3. The predicted octanol–water partition coefficient (Wildman–Crippen LogP) is 3.71. The quantitative estimate of drug-likeness (QED) is 0.874. The zero-order valence-corrected chi connectivity index (χ0v) is 11.6. The van der Waals surface area contributed by atoms with E-state index in [1.165, 1.54) is 12.3 Å². The van der Waals surface area contributed by atoms with Gasteiger partial charge < -0.3 is 10.6 Å². The van der Waals surface area contributed by atoms with Gasteiger partial charge >= 0.3 is 6.18 Å². The van der Waals surface area contributed by atoms with Crippen LogP contribution in [0.5, 0.6) is 0 Å². The maximum Gasteiger partial charge on any atom is 0.419 e. The van der Waals surface area contributed by atoms with Crippen LogP contribution in [0.4, 0.5) is 24.7 Å². The van der Waals surface area contributed by atoms with Crippen molar-refractivity contribution in [1.29, 1.82) is 0 Å². The Morgan fingerprint density at radius 2 is 1.81 bits per heavy atom. The van der Waals surface area contributed by atoms with E-state index in [4.69, 9.17) is 5.73 Å². The first kappa shape index (κ1) is 15.2. The Balaban J connectivity index is 2.32. The van der Waals surface area contributed by atoms with Gasteiger partial charge in [-0.05, 0) is 36.8 Å². The molecule has 0 bridgehead atoms. The third-order valence-corrected chi connectivity index (χ3v) is 3.13. The van der Waals surface area contributed by atoms with E-state index < -0.39 is 11.7 Å². The zero-order valence-electron chi connectivity index (χ0n) is 11.6. The zero-order chi connectivity index (χ0) is 15.5. The van der Waals surface area contributed by atoms with Gasteiger partial charge in [-0.2, -0.15) is 13.2 Å². The molecule has 0 fully saturated rings. The van der Waals surface area contributed by atoms with Gasteiger partial charge in [-0.3, -0.25) is 0 Å². The number of aromatic nitrogens is 1. The largest absolute Gasteiger partial charge is 0.419 e. The monoisotopic (exact) mass is 295 g/mol. The summed E-state index contributed by atoms with van der Waals surface area (Å²) in [6.07, 6.45) is -3.05. The topological polar surface area (TPSA) is 42.1 Å². The van der Waals surface area contributed by atoms with Crippen LogP contribution in [0.3, 0.4) is 0 Å². The third kappa shape index (κ3) is 3.65. The molecule has 0 saturated heterocycles. The van der Waals surface area contributed by atoms with Gasteiger partial charge in [0.1, 0.15) is 5.82 Å². The molecule has 6 heteroatoms. The first-order chi connectivity index (χ1) is 9.91. The fraction of sp³-hybridized carbons (Fsp3) is 0.267. The Morgan fingerprint density at radius 1 is 1.14 bits per heavy atom. The molecule has 0 amide bonds. The van der Waals surface area contributed by atoms with Gasteiger partial charge in [0.25, 0.3) is 0 Å². The van der Waals surface area contributed by atoms with Crippen molar-refractivity contribution in [2.24, 2.45) is 0 Å². The van der Waals surface area contributed by atoms with Gasteiger partial charge in [-0.25, -0.2) is 4.98 Å². The van der Waals surface area contributed by atoms with E-state index in [1.54, 1.807) is 36.1 Å². The van der Waals surface area contributed by atoms with Crippen molar-refractivity contribution in [3.05, 3.63) is 53.7 Å². The number of nitrogens with zero attached hydrogens (tertiary/aromatic N) is 2. The van der Waals surface area contributed by atoms with Gasteiger partial charge in [-0.1, -0.05) is 12.1 Å². The highest BCUT2D eigenvalue weighted by Gasteiger charge is 2.35. The molecule has 21 heavy (non-hydrogen) atoms. The maximum atomic E-state index is 13.1. The van der Waals surface area contributed by atoms with Crippen molar-refractivity contribution in [2.45, 2.75) is 19.6 Å². The molecule has 112 valence electrons. The van der Waals surface area contributed by atoms with Crippen molar-refractivity contribution < 1.29 is 13.2 Å². The molecule has 0 spiro atoms. The lowest BCUT2D eigenvalue weighted by atomic mass is 10.1. The maximum absolute atomic E-state index is 13.1. The molecule has 0 aliphatic rings. The number of rotatable bonds is 4. The second kappa shape index (κ2) is 6.03. The van der Waals surface area contributed by atoms with Crippen LogP contribution in [-0.4, -0.2) is 11.5 Å². The van der Waals surface area contributed by atoms with E-state index in [1.807, 2.05) is 0 Å². The average Bonchev–Trinajstić information content (AvgIpc) is 2.46. The minimum absolute atomic E-state index is 0.0516. The van der Waals surface area contributed by atoms with Crippen LogP contribution in [0.15, 0.2) is 42.6 Å². The molecule has 0 atom stereocenters. The third-order valence-electron chi connectivity index (χ3n) is 3.13. The van der Waals surface area contributed by atoms with E-state index in [0.29, 0.717) is 18.8 Å². The Labute approximate surface area is 121 Å². The smallest absolute Gasteiger partial charge is 0.399 e. The van der Waals surface area contributed by atoms with Crippen LogP contribution < -0.4 is 10.6 Å². The number of hydrogen-bond acceptors (Lipinski definition) is 3.